The molecule has 0 saturated carbocycles. The second kappa shape index (κ2) is 7.96. The average molecular weight is 402 g/mol. The lowest BCUT2D eigenvalue weighted by atomic mass is 10.1. The van der Waals surface area contributed by atoms with E-state index in [2.05, 4.69) is 39.5 Å². The van der Waals surface area contributed by atoms with E-state index in [0.29, 0.717) is 17.9 Å². The number of alkyl halides is 3. The summed E-state index contributed by atoms with van der Waals surface area (Å²) in [7, 11) is 0. The van der Waals surface area contributed by atoms with E-state index >= 15 is 0 Å². The number of nitrogens with zero attached hydrogens (tertiary/aromatic N) is 4. The molecule has 1 atom stereocenters. The van der Waals surface area contributed by atoms with Crippen LogP contribution in [-0.4, -0.2) is 33.0 Å². The highest BCUT2D eigenvalue weighted by atomic mass is 19.4. The van der Waals surface area contributed by atoms with Crippen molar-refractivity contribution in [2.45, 2.75) is 32.4 Å². The molecule has 3 aromatic rings. The van der Waals surface area contributed by atoms with Crippen LogP contribution in [0.4, 0.5) is 13.2 Å². The van der Waals surface area contributed by atoms with Crippen LogP contribution >= 0.6 is 0 Å². The summed E-state index contributed by atoms with van der Waals surface area (Å²) in [5.41, 5.74) is 2.89. The molecule has 1 aromatic heterocycles. The van der Waals surface area contributed by atoms with Crippen LogP contribution in [0.1, 0.15) is 34.2 Å². The molecular formula is C21H21F3N4O. The SMILES string of the molecule is Cc1ccc(CN2CCO[C@H]2c2cn(Cc3cccc(C(F)(F)F)c3)nn2)cc1. The van der Waals surface area contributed by atoms with Gasteiger partial charge < -0.3 is 4.74 Å². The normalized spacial score (nSPS) is 17.7. The summed E-state index contributed by atoms with van der Waals surface area (Å²) in [5.74, 6) is 0. The first kappa shape index (κ1) is 19.6. The lowest BCUT2D eigenvalue weighted by Gasteiger charge is -2.21. The standard InChI is InChI=1S/C21H21F3N4O/c1-15-5-7-16(8-6-15)12-27-9-10-29-20(27)19-14-28(26-25-19)13-17-3-2-4-18(11-17)21(22,23)24/h2-8,11,14,20H,9-10,12-13H2,1H3/t20-/m0/s1. The van der Waals surface area contributed by atoms with Crippen molar-refractivity contribution in [1.82, 2.24) is 19.9 Å². The van der Waals surface area contributed by atoms with E-state index in [-0.39, 0.29) is 12.8 Å². The average Bonchev–Trinajstić information content (AvgIpc) is 3.32. The Morgan fingerprint density at radius 1 is 1.07 bits per heavy atom. The Bertz CT molecular complexity index is 969. The Balaban J connectivity index is 1.46. The number of hydrogen-bond acceptors (Lipinski definition) is 4. The fourth-order valence-electron chi connectivity index (χ4n) is 3.40. The lowest BCUT2D eigenvalue weighted by molar-refractivity contribution is -0.137. The molecule has 0 unspecified atom stereocenters. The van der Waals surface area contributed by atoms with Crippen molar-refractivity contribution in [3.63, 3.8) is 0 Å². The molecule has 1 aliphatic heterocycles. The molecule has 0 bridgehead atoms. The van der Waals surface area contributed by atoms with Crippen LogP contribution in [0.15, 0.2) is 54.7 Å². The van der Waals surface area contributed by atoms with Crippen molar-refractivity contribution in [3.8, 4) is 0 Å². The van der Waals surface area contributed by atoms with Gasteiger partial charge in [0.1, 0.15) is 5.69 Å². The number of aromatic nitrogens is 3. The molecule has 0 aliphatic carbocycles. The number of rotatable bonds is 5. The van der Waals surface area contributed by atoms with Gasteiger partial charge in [0.25, 0.3) is 0 Å². The predicted octanol–water partition coefficient (Wildman–Crippen LogP) is 4.18. The molecule has 1 saturated heterocycles. The minimum Gasteiger partial charge on any atom is -0.356 e. The highest BCUT2D eigenvalue weighted by Crippen LogP contribution is 2.30. The Morgan fingerprint density at radius 3 is 2.62 bits per heavy atom. The van der Waals surface area contributed by atoms with E-state index in [1.807, 2.05) is 6.92 Å². The summed E-state index contributed by atoms with van der Waals surface area (Å²) >= 11 is 0. The Kier molecular flexibility index (Phi) is 5.38. The third kappa shape index (κ3) is 4.65. The van der Waals surface area contributed by atoms with Crippen molar-refractivity contribution < 1.29 is 17.9 Å². The van der Waals surface area contributed by atoms with Gasteiger partial charge in [0.05, 0.1) is 24.9 Å². The van der Waals surface area contributed by atoms with Crippen molar-refractivity contribution in [1.29, 1.82) is 0 Å². The largest absolute Gasteiger partial charge is 0.416 e. The zero-order chi connectivity index (χ0) is 20.4. The highest BCUT2D eigenvalue weighted by Gasteiger charge is 2.31. The maximum atomic E-state index is 12.9. The summed E-state index contributed by atoms with van der Waals surface area (Å²) in [6.45, 7) is 4.36. The molecule has 2 heterocycles. The first-order valence-electron chi connectivity index (χ1n) is 9.36. The van der Waals surface area contributed by atoms with Gasteiger partial charge in [-0.1, -0.05) is 47.2 Å². The topological polar surface area (TPSA) is 43.2 Å². The van der Waals surface area contributed by atoms with Crippen molar-refractivity contribution >= 4 is 0 Å². The number of ether oxygens (including phenoxy) is 1. The molecule has 0 radical (unpaired) electrons. The van der Waals surface area contributed by atoms with Gasteiger partial charge in [-0.05, 0) is 30.2 Å². The molecule has 0 amide bonds. The summed E-state index contributed by atoms with van der Waals surface area (Å²) < 4.78 is 46.1. The third-order valence-electron chi connectivity index (χ3n) is 4.90. The molecule has 5 nitrogen and oxygen atoms in total. The van der Waals surface area contributed by atoms with Gasteiger partial charge in [0.15, 0.2) is 6.23 Å². The van der Waals surface area contributed by atoms with E-state index in [1.165, 1.54) is 21.9 Å². The van der Waals surface area contributed by atoms with Crippen LogP contribution in [0.25, 0.3) is 0 Å². The number of benzene rings is 2. The summed E-state index contributed by atoms with van der Waals surface area (Å²) in [5, 5.41) is 8.28. The monoisotopic (exact) mass is 402 g/mol. The molecule has 4 rings (SSSR count). The van der Waals surface area contributed by atoms with Gasteiger partial charge >= 0.3 is 6.18 Å². The van der Waals surface area contributed by atoms with Crippen LogP contribution < -0.4 is 0 Å². The molecule has 2 aromatic carbocycles. The highest BCUT2D eigenvalue weighted by molar-refractivity contribution is 5.26. The van der Waals surface area contributed by atoms with Crippen LogP contribution in [0, 0.1) is 6.92 Å². The zero-order valence-electron chi connectivity index (χ0n) is 15.9. The molecule has 29 heavy (non-hydrogen) atoms. The van der Waals surface area contributed by atoms with E-state index in [0.717, 1.165) is 25.2 Å². The lowest BCUT2D eigenvalue weighted by Crippen LogP contribution is -2.23. The summed E-state index contributed by atoms with van der Waals surface area (Å²) in [6, 6.07) is 13.6. The van der Waals surface area contributed by atoms with Crippen molar-refractivity contribution in [3.05, 3.63) is 82.7 Å². The smallest absolute Gasteiger partial charge is 0.356 e. The first-order chi connectivity index (χ1) is 13.9. The fraction of sp³-hybridized carbons (Fsp3) is 0.333. The van der Waals surface area contributed by atoms with E-state index in [9.17, 15) is 13.2 Å². The Morgan fingerprint density at radius 2 is 1.86 bits per heavy atom. The first-order valence-corrected chi connectivity index (χ1v) is 9.36. The van der Waals surface area contributed by atoms with Gasteiger partial charge in [-0.3, -0.25) is 4.90 Å². The van der Waals surface area contributed by atoms with Crippen molar-refractivity contribution in [2.75, 3.05) is 13.2 Å². The molecule has 0 N–H and O–H groups in total. The third-order valence-corrected chi connectivity index (χ3v) is 4.90. The van der Waals surface area contributed by atoms with Crippen LogP contribution in [-0.2, 0) is 24.0 Å². The number of halogens is 3. The minimum absolute atomic E-state index is 0.210. The number of aryl methyl sites for hydroxylation is 1. The Labute approximate surface area is 166 Å². The van der Waals surface area contributed by atoms with E-state index in [4.69, 9.17) is 4.74 Å². The summed E-state index contributed by atoms with van der Waals surface area (Å²) in [6.07, 6.45) is -2.94. The number of hydrogen-bond donors (Lipinski definition) is 0. The molecular weight excluding hydrogens is 381 g/mol. The van der Waals surface area contributed by atoms with Gasteiger partial charge in [-0.25, -0.2) is 4.68 Å². The molecule has 152 valence electrons. The molecule has 0 spiro atoms. The molecule has 1 aliphatic rings. The second-order valence-electron chi connectivity index (χ2n) is 7.22. The van der Waals surface area contributed by atoms with Crippen LogP contribution in [0.2, 0.25) is 0 Å². The molecule has 1 fully saturated rings. The second-order valence-corrected chi connectivity index (χ2v) is 7.22. The minimum atomic E-state index is -4.36. The maximum Gasteiger partial charge on any atom is 0.416 e. The van der Waals surface area contributed by atoms with Gasteiger partial charge in [0.2, 0.25) is 0 Å². The van der Waals surface area contributed by atoms with Crippen LogP contribution in [0.3, 0.4) is 0 Å². The predicted molar refractivity (Wildman–Crippen MR) is 101 cm³/mol. The quantitative estimate of drug-likeness (QED) is 0.642. The van der Waals surface area contributed by atoms with Crippen molar-refractivity contribution in [2.24, 2.45) is 0 Å². The van der Waals surface area contributed by atoms with Gasteiger partial charge in [-0.15, -0.1) is 5.10 Å². The van der Waals surface area contributed by atoms with E-state index in [1.54, 1.807) is 12.3 Å². The van der Waals surface area contributed by atoms with Crippen LogP contribution in [0.5, 0.6) is 0 Å². The Hall–Kier alpha value is -2.71. The fourth-order valence-corrected chi connectivity index (χ4v) is 3.40. The summed E-state index contributed by atoms with van der Waals surface area (Å²) in [4.78, 5) is 2.17. The van der Waals surface area contributed by atoms with Gasteiger partial charge in [-0.2, -0.15) is 13.2 Å². The van der Waals surface area contributed by atoms with E-state index < -0.39 is 11.7 Å². The zero-order valence-corrected chi connectivity index (χ0v) is 15.9. The van der Waals surface area contributed by atoms with Gasteiger partial charge in [0, 0.05) is 13.1 Å². The molecule has 8 heteroatoms. The maximum absolute atomic E-state index is 12.9.